The van der Waals surface area contributed by atoms with E-state index in [1.54, 1.807) is 50.1 Å². The van der Waals surface area contributed by atoms with Crippen LogP contribution in [0.25, 0.3) is 10.3 Å². The van der Waals surface area contributed by atoms with Crippen molar-refractivity contribution in [2.45, 2.75) is 26.2 Å². The number of nitriles is 1. The van der Waals surface area contributed by atoms with Crippen LogP contribution >= 0.6 is 11.3 Å². The third-order valence-electron chi connectivity index (χ3n) is 4.66. The summed E-state index contributed by atoms with van der Waals surface area (Å²) in [5, 5.41) is 9.23. The van der Waals surface area contributed by atoms with Gasteiger partial charge in [-0.1, -0.05) is 0 Å². The summed E-state index contributed by atoms with van der Waals surface area (Å²) >= 11 is 1.35. The molecule has 136 valence electrons. The molecule has 1 unspecified atom stereocenters. The smallest absolute Gasteiger partial charge is 0.263 e. The summed E-state index contributed by atoms with van der Waals surface area (Å²) in [4.78, 5) is 38.7. The largest absolute Gasteiger partial charge is 0.344 e. The molecule has 0 N–H and O–H groups in total. The van der Waals surface area contributed by atoms with Crippen LogP contribution < -0.4 is 0 Å². The number of hydrogen-bond donors (Lipinski definition) is 0. The van der Waals surface area contributed by atoms with E-state index >= 15 is 0 Å². The molecule has 0 radical (unpaired) electrons. The molecule has 1 fully saturated rings. The number of thiophene rings is 1. The van der Waals surface area contributed by atoms with E-state index in [9.17, 15) is 14.9 Å². The van der Waals surface area contributed by atoms with E-state index in [1.165, 1.54) is 11.3 Å². The van der Waals surface area contributed by atoms with Gasteiger partial charge in [-0.05, 0) is 20.3 Å². The Morgan fingerprint density at radius 1 is 1.35 bits per heavy atom. The van der Waals surface area contributed by atoms with E-state index in [4.69, 9.17) is 0 Å². The third kappa shape index (κ3) is 3.03. The average Bonchev–Trinajstić information content (AvgIpc) is 3.24. The number of likely N-dealkylation sites (tertiary alicyclic amines) is 1. The Labute approximate surface area is 156 Å². The topological polar surface area (TPSA) is 90.2 Å². The van der Waals surface area contributed by atoms with Crippen molar-refractivity contribution in [3.05, 3.63) is 22.8 Å². The number of carbonyl (C=O) groups excluding carboxylic acids is 2. The Morgan fingerprint density at radius 2 is 2.04 bits per heavy atom. The van der Waals surface area contributed by atoms with Gasteiger partial charge in [0, 0.05) is 51.1 Å². The number of carbonyl (C=O) groups is 2. The molecule has 2 aromatic rings. The highest BCUT2D eigenvalue weighted by atomic mass is 32.1. The molecule has 1 aliphatic heterocycles. The molecule has 26 heavy (non-hydrogen) atoms. The van der Waals surface area contributed by atoms with E-state index in [2.05, 4.69) is 16.0 Å². The predicted molar refractivity (Wildman–Crippen MR) is 98.8 cm³/mol. The number of fused-ring (bicyclic) bond motifs is 1. The minimum atomic E-state index is -1.05. The van der Waals surface area contributed by atoms with Gasteiger partial charge in [-0.15, -0.1) is 11.3 Å². The summed E-state index contributed by atoms with van der Waals surface area (Å²) in [6.45, 7) is 4.33. The van der Waals surface area contributed by atoms with E-state index in [0.717, 1.165) is 22.3 Å². The first-order chi connectivity index (χ1) is 12.3. The highest BCUT2D eigenvalue weighted by Crippen LogP contribution is 2.39. The fourth-order valence-corrected chi connectivity index (χ4v) is 4.42. The molecule has 0 bridgehead atoms. The Bertz CT molecular complexity index is 912. The van der Waals surface area contributed by atoms with Crippen LogP contribution in [0.2, 0.25) is 0 Å². The molecule has 0 aromatic carbocycles. The highest BCUT2D eigenvalue weighted by molar-refractivity contribution is 7.20. The second kappa shape index (κ2) is 6.65. The Hall–Kier alpha value is -2.53. The average molecular weight is 371 g/mol. The number of hydrogen-bond acceptors (Lipinski definition) is 6. The van der Waals surface area contributed by atoms with Crippen molar-refractivity contribution in [2.75, 3.05) is 27.2 Å². The van der Waals surface area contributed by atoms with Crippen molar-refractivity contribution in [1.82, 2.24) is 19.8 Å². The van der Waals surface area contributed by atoms with Crippen LogP contribution in [-0.2, 0) is 4.79 Å². The standard InChI is InChI=1S/C18H21N5O2S/c1-18(2,10-19)17(25)23-8-5-11(9-23)12-13-15(21-7-6-20-13)26-14(12)16(24)22(3)4/h6-7,11H,5,8-9H2,1-4H3. The van der Waals surface area contributed by atoms with Crippen molar-refractivity contribution in [2.24, 2.45) is 5.41 Å². The van der Waals surface area contributed by atoms with Crippen LogP contribution in [0.1, 0.15) is 41.4 Å². The van der Waals surface area contributed by atoms with E-state index in [1.807, 2.05) is 0 Å². The zero-order chi connectivity index (χ0) is 19.1. The first-order valence-electron chi connectivity index (χ1n) is 8.42. The van der Waals surface area contributed by atoms with Gasteiger partial charge in [-0.3, -0.25) is 14.6 Å². The quantitative estimate of drug-likeness (QED) is 0.825. The summed E-state index contributed by atoms with van der Waals surface area (Å²) in [5.41, 5.74) is 0.566. The molecule has 0 aliphatic carbocycles. The SMILES string of the molecule is CN(C)C(=O)c1sc2nccnc2c1C1CCN(C(=O)C(C)(C)C#N)C1. The molecule has 0 saturated carbocycles. The summed E-state index contributed by atoms with van der Waals surface area (Å²) in [6.07, 6.45) is 3.98. The second-order valence-corrected chi connectivity index (χ2v) is 8.23. The zero-order valence-corrected chi connectivity index (χ0v) is 16.1. The zero-order valence-electron chi connectivity index (χ0n) is 15.3. The molecule has 0 spiro atoms. The first-order valence-corrected chi connectivity index (χ1v) is 9.23. The maximum Gasteiger partial charge on any atom is 0.263 e. The predicted octanol–water partition coefficient (Wildman–Crippen LogP) is 2.26. The fraction of sp³-hybridized carbons (Fsp3) is 0.500. The first kappa shape index (κ1) is 18.3. The van der Waals surface area contributed by atoms with Crippen molar-refractivity contribution in [3.63, 3.8) is 0 Å². The fourth-order valence-electron chi connectivity index (χ4n) is 3.21. The van der Waals surface area contributed by atoms with Gasteiger partial charge >= 0.3 is 0 Å². The van der Waals surface area contributed by atoms with Gasteiger partial charge in [-0.25, -0.2) is 4.98 Å². The number of rotatable bonds is 3. The van der Waals surface area contributed by atoms with Crippen molar-refractivity contribution < 1.29 is 9.59 Å². The van der Waals surface area contributed by atoms with Gasteiger partial charge in [0.2, 0.25) is 5.91 Å². The molecule has 1 saturated heterocycles. The van der Waals surface area contributed by atoms with Crippen molar-refractivity contribution in [3.8, 4) is 6.07 Å². The van der Waals surface area contributed by atoms with E-state index in [-0.39, 0.29) is 17.7 Å². The molecule has 2 aromatic heterocycles. The Morgan fingerprint density at radius 3 is 2.69 bits per heavy atom. The molecular formula is C18H21N5O2S. The maximum absolute atomic E-state index is 12.7. The van der Waals surface area contributed by atoms with Gasteiger partial charge in [0.15, 0.2) is 0 Å². The van der Waals surface area contributed by atoms with Gasteiger partial charge in [-0.2, -0.15) is 5.26 Å². The summed E-state index contributed by atoms with van der Waals surface area (Å²) in [5.74, 6) is -0.238. The van der Waals surface area contributed by atoms with Gasteiger partial charge in [0.05, 0.1) is 10.9 Å². The minimum absolute atomic E-state index is 0.0118. The summed E-state index contributed by atoms with van der Waals surface area (Å²) in [6, 6.07) is 2.07. The molecule has 7 nitrogen and oxygen atoms in total. The lowest BCUT2D eigenvalue weighted by atomic mass is 9.93. The number of aromatic nitrogens is 2. The molecule has 3 rings (SSSR count). The monoisotopic (exact) mass is 371 g/mol. The van der Waals surface area contributed by atoms with Gasteiger partial charge < -0.3 is 9.80 Å². The van der Waals surface area contributed by atoms with E-state index in [0.29, 0.717) is 18.0 Å². The van der Waals surface area contributed by atoms with Crippen LogP contribution in [0, 0.1) is 16.7 Å². The lowest BCUT2D eigenvalue weighted by Crippen LogP contribution is -2.38. The number of nitrogens with zero attached hydrogens (tertiary/aromatic N) is 5. The normalized spacial score (nSPS) is 17.3. The lowest BCUT2D eigenvalue weighted by Gasteiger charge is -2.23. The molecule has 3 heterocycles. The molecule has 2 amide bonds. The third-order valence-corrected chi connectivity index (χ3v) is 5.75. The summed E-state index contributed by atoms with van der Waals surface area (Å²) < 4.78 is 0. The van der Waals surface area contributed by atoms with Crippen molar-refractivity contribution >= 4 is 33.5 Å². The van der Waals surface area contributed by atoms with Crippen LogP contribution in [0.15, 0.2) is 12.4 Å². The molecule has 1 atom stereocenters. The van der Waals surface area contributed by atoms with Gasteiger partial charge in [0.1, 0.15) is 15.8 Å². The van der Waals surface area contributed by atoms with Crippen LogP contribution in [-0.4, -0.2) is 58.8 Å². The van der Waals surface area contributed by atoms with Crippen LogP contribution in [0.4, 0.5) is 0 Å². The minimum Gasteiger partial charge on any atom is -0.344 e. The van der Waals surface area contributed by atoms with Crippen molar-refractivity contribution in [1.29, 1.82) is 5.26 Å². The lowest BCUT2D eigenvalue weighted by molar-refractivity contribution is -0.136. The summed E-state index contributed by atoms with van der Waals surface area (Å²) in [7, 11) is 3.44. The maximum atomic E-state index is 12.7. The van der Waals surface area contributed by atoms with E-state index < -0.39 is 5.41 Å². The Kier molecular flexibility index (Phi) is 4.67. The number of amides is 2. The van der Waals surface area contributed by atoms with Crippen LogP contribution in [0.5, 0.6) is 0 Å². The molecular weight excluding hydrogens is 350 g/mol. The highest BCUT2D eigenvalue weighted by Gasteiger charge is 2.38. The van der Waals surface area contributed by atoms with Crippen LogP contribution in [0.3, 0.4) is 0 Å². The molecule has 1 aliphatic rings. The van der Waals surface area contributed by atoms with Gasteiger partial charge in [0.25, 0.3) is 5.91 Å². The molecule has 8 heteroatoms. The Balaban J connectivity index is 1.99. The second-order valence-electron chi connectivity index (χ2n) is 7.23.